The number of ether oxygens (including phenoxy) is 3. The van der Waals surface area contributed by atoms with E-state index >= 15 is 0 Å². The van der Waals surface area contributed by atoms with Gasteiger partial charge in [-0.15, -0.1) is 0 Å². The average molecular weight is 573 g/mol. The first-order chi connectivity index (χ1) is 20.4. The summed E-state index contributed by atoms with van der Waals surface area (Å²) in [7, 11) is 1.42. The lowest BCUT2D eigenvalue weighted by Gasteiger charge is -2.29. The molecule has 0 saturated carbocycles. The second-order valence-corrected chi connectivity index (χ2v) is 10.6. The van der Waals surface area contributed by atoms with Gasteiger partial charge in [0.1, 0.15) is 25.4 Å². The molecule has 0 aromatic heterocycles. The zero-order valence-electron chi connectivity index (χ0n) is 23.9. The fraction of sp³-hybridized carbons (Fsp3) is 0.333. The van der Waals surface area contributed by atoms with Crippen LogP contribution in [-0.2, 0) is 20.9 Å². The van der Waals surface area contributed by atoms with Gasteiger partial charge in [-0.1, -0.05) is 48.2 Å². The number of quaternary nitrogens is 1. The zero-order valence-corrected chi connectivity index (χ0v) is 23.9. The molecule has 0 bridgehead atoms. The van der Waals surface area contributed by atoms with Crippen molar-refractivity contribution in [3.63, 3.8) is 0 Å². The summed E-state index contributed by atoms with van der Waals surface area (Å²) in [4.78, 5) is 29.6. The molecule has 1 unspecified atom stereocenters. The van der Waals surface area contributed by atoms with Gasteiger partial charge in [-0.25, -0.2) is 0 Å². The molecule has 0 aliphatic carbocycles. The Hall–Kier alpha value is -4.34. The lowest BCUT2D eigenvalue weighted by Crippen LogP contribution is -3.14. The first-order valence-electron chi connectivity index (χ1n) is 14.2. The molecule has 9 heteroatoms. The summed E-state index contributed by atoms with van der Waals surface area (Å²) >= 11 is 0. The van der Waals surface area contributed by atoms with Crippen molar-refractivity contribution in [1.82, 2.24) is 4.90 Å². The number of aromatic hydroxyl groups is 1. The Kier molecular flexibility index (Phi) is 9.09. The first-order valence-corrected chi connectivity index (χ1v) is 14.2. The van der Waals surface area contributed by atoms with Crippen LogP contribution in [0.5, 0.6) is 17.2 Å². The maximum Gasteiger partial charge on any atom is 0.295 e. The summed E-state index contributed by atoms with van der Waals surface area (Å²) in [5, 5.41) is 24.0. The first kappa shape index (κ1) is 29.2. The predicted molar refractivity (Wildman–Crippen MR) is 154 cm³/mol. The molecule has 2 fully saturated rings. The highest BCUT2D eigenvalue weighted by Gasteiger charge is 2.44. The number of phenolic OH excluding ortho intramolecular Hbond substituents is 1. The topological polar surface area (TPSA) is 113 Å². The Balaban J connectivity index is 1.42. The van der Waals surface area contributed by atoms with E-state index in [4.69, 9.17) is 14.2 Å². The van der Waals surface area contributed by atoms with E-state index in [1.807, 2.05) is 31.2 Å². The van der Waals surface area contributed by atoms with Gasteiger partial charge in [0.25, 0.3) is 5.91 Å². The molecule has 220 valence electrons. The second-order valence-electron chi connectivity index (χ2n) is 10.6. The zero-order chi connectivity index (χ0) is 29.6. The standard InChI is InChI=1S/C33H36N2O7/c1-22-6-3-4-7-25(22)21-42-26-11-8-23(9-12-26)31(37)29-30(24-10-13-27(36)28(20-24)40-2)35(33(39)32(29)38)15-5-14-34-16-18-41-19-17-34/h3-4,6-13,20,30,36-37H,5,14-19,21H2,1-2H3/b31-29+. The Bertz CT molecular complexity index is 1460. The van der Waals surface area contributed by atoms with E-state index in [1.54, 1.807) is 36.4 Å². The van der Waals surface area contributed by atoms with Crippen molar-refractivity contribution in [1.29, 1.82) is 0 Å². The molecule has 3 aromatic carbocycles. The Labute approximate surface area is 245 Å². The minimum absolute atomic E-state index is 0.0754. The number of Topliss-reactive ketones (excluding diaryl/α,β-unsaturated/α-hetero) is 1. The number of hydrogen-bond acceptors (Lipinski definition) is 7. The predicted octanol–water partition coefficient (Wildman–Crippen LogP) is 1.82. The van der Waals surface area contributed by atoms with Crippen LogP contribution in [0, 0.1) is 6.92 Å². The third kappa shape index (κ3) is 6.27. The van der Waals surface area contributed by atoms with Crippen molar-refractivity contribution in [3.05, 3.63) is 94.6 Å². The SMILES string of the molecule is COc1cc(C2/C(=C(\[O-])c3ccc(OCc4ccccc4C)cc3)C(=O)C(=O)N2CCC[NH+]2CCOCC2)ccc1O. The van der Waals surface area contributed by atoms with Gasteiger partial charge in [-0.2, -0.15) is 0 Å². The van der Waals surface area contributed by atoms with Crippen LogP contribution in [-0.4, -0.2) is 68.2 Å². The van der Waals surface area contributed by atoms with Crippen LogP contribution in [0.1, 0.15) is 34.7 Å². The molecule has 9 nitrogen and oxygen atoms in total. The van der Waals surface area contributed by atoms with Crippen LogP contribution in [0.3, 0.4) is 0 Å². The van der Waals surface area contributed by atoms with Crippen LogP contribution in [0.25, 0.3) is 5.76 Å². The minimum Gasteiger partial charge on any atom is -0.872 e. The highest BCUT2D eigenvalue weighted by atomic mass is 16.5. The largest absolute Gasteiger partial charge is 0.872 e. The van der Waals surface area contributed by atoms with Crippen LogP contribution < -0.4 is 19.5 Å². The highest BCUT2D eigenvalue weighted by molar-refractivity contribution is 6.46. The quantitative estimate of drug-likeness (QED) is 0.217. The number of benzene rings is 3. The Morgan fingerprint density at radius 2 is 1.81 bits per heavy atom. The number of methoxy groups -OCH3 is 1. The summed E-state index contributed by atoms with van der Waals surface area (Å²) in [6.07, 6.45) is 0.661. The molecule has 1 amide bonds. The number of ketones is 1. The Morgan fingerprint density at radius 3 is 2.52 bits per heavy atom. The maximum absolute atomic E-state index is 13.8. The number of likely N-dealkylation sites (tertiary alicyclic amines) is 1. The maximum atomic E-state index is 13.8. The van der Waals surface area contributed by atoms with Crippen LogP contribution in [0.4, 0.5) is 0 Å². The molecule has 2 N–H and O–H groups in total. The van der Waals surface area contributed by atoms with Gasteiger partial charge >= 0.3 is 0 Å². The molecule has 2 saturated heterocycles. The lowest BCUT2D eigenvalue weighted by molar-refractivity contribution is -0.908. The summed E-state index contributed by atoms with van der Waals surface area (Å²) < 4.78 is 16.6. The highest BCUT2D eigenvalue weighted by Crippen LogP contribution is 2.41. The van der Waals surface area contributed by atoms with Gasteiger partial charge in [0.15, 0.2) is 11.5 Å². The Morgan fingerprint density at radius 1 is 1.07 bits per heavy atom. The summed E-state index contributed by atoms with van der Waals surface area (Å²) in [5.41, 5.74) is 2.87. The summed E-state index contributed by atoms with van der Waals surface area (Å²) in [6, 6.07) is 18.3. The molecule has 2 heterocycles. The number of aryl methyl sites for hydroxylation is 1. The lowest BCUT2D eigenvalue weighted by atomic mass is 9.95. The molecule has 2 aliphatic rings. The molecular formula is C33H36N2O7. The van der Waals surface area contributed by atoms with E-state index < -0.39 is 23.5 Å². The fourth-order valence-corrected chi connectivity index (χ4v) is 5.51. The van der Waals surface area contributed by atoms with E-state index in [-0.39, 0.29) is 22.6 Å². The molecule has 2 aliphatic heterocycles. The van der Waals surface area contributed by atoms with Crippen molar-refractivity contribution in [3.8, 4) is 17.2 Å². The number of nitrogens with one attached hydrogen (secondary N) is 1. The molecule has 0 spiro atoms. The second kappa shape index (κ2) is 13.1. The third-order valence-electron chi connectivity index (χ3n) is 7.95. The van der Waals surface area contributed by atoms with Gasteiger partial charge in [-0.05, 0) is 53.4 Å². The van der Waals surface area contributed by atoms with Crippen molar-refractivity contribution < 1.29 is 38.9 Å². The van der Waals surface area contributed by atoms with Gasteiger partial charge in [-0.3, -0.25) is 9.59 Å². The molecule has 5 rings (SSSR count). The number of phenols is 1. The van der Waals surface area contributed by atoms with Crippen molar-refractivity contribution in [2.45, 2.75) is 26.0 Å². The van der Waals surface area contributed by atoms with Gasteiger partial charge in [0, 0.05) is 18.5 Å². The minimum atomic E-state index is -0.899. The number of rotatable bonds is 10. The number of morpholine rings is 1. The monoisotopic (exact) mass is 572 g/mol. The van der Waals surface area contributed by atoms with E-state index in [0.29, 0.717) is 44.1 Å². The average Bonchev–Trinajstić information content (AvgIpc) is 3.26. The molecular weight excluding hydrogens is 536 g/mol. The summed E-state index contributed by atoms with van der Waals surface area (Å²) in [5.74, 6) is -1.33. The molecule has 42 heavy (non-hydrogen) atoms. The van der Waals surface area contributed by atoms with Crippen LogP contribution in [0.2, 0.25) is 0 Å². The molecule has 3 aromatic rings. The van der Waals surface area contributed by atoms with Crippen LogP contribution in [0.15, 0.2) is 72.3 Å². The van der Waals surface area contributed by atoms with E-state index in [2.05, 4.69) is 0 Å². The van der Waals surface area contributed by atoms with E-state index in [0.717, 1.165) is 30.8 Å². The molecule has 1 atom stereocenters. The third-order valence-corrected chi connectivity index (χ3v) is 7.95. The van der Waals surface area contributed by atoms with Crippen LogP contribution >= 0.6 is 0 Å². The van der Waals surface area contributed by atoms with E-state index in [1.165, 1.54) is 23.0 Å². The fourth-order valence-electron chi connectivity index (χ4n) is 5.51. The van der Waals surface area contributed by atoms with Crippen molar-refractivity contribution >= 4 is 17.4 Å². The van der Waals surface area contributed by atoms with Gasteiger partial charge in [0.05, 0.1) is 32.9 Å². The van der Waals surface area contributed by atoms with Gasteiger partial charge in [0.2, 0.25) is 5.78 Å². The summed E-state index contributed by atoms with van der Waals surface area (Å²) in [6.45, 7) is 6.73. The van der Waals surface area contributed by atoms with Crippen molar-refractivity contribution in [2.75, 3.05) is 46.5 Å². The van der Waals surface area contributed by atoms with Crippen molar-refractivity contribution in [2.24, 2.45) is 0 Å². The van der Waals surface area contributed by atoms with Gasteiger partial charge < -0.3 is 34.2 Å². The number of nitrogens with zero attached hydrogens (tertiary/aromatic N) is 1. The number of carbonyl (C=O) groups is 2. The normalized spacial score (nSPS) is 18.8. The van der Waals surface area contributed by atoms with E-state index in [9.17, 15) is 19.8 Å². The number of hydrogen-bond donors (Lipinski definition) is 2. The number of amides is 1. The molecule has 0 radical (unpaired) electrons. The number of carbonyl (C=O) groups excluding carboxylic acids is 2. The smallest absolute Gasteiger partial charge is 0.295 e.